The first-order valence-electron chi connectivity index (χ1n) is 7.17. The maximum Gasteiger partial charge on any atom is 0.0847 e. The van der Waals surface area contributed by atoms with Gasteiger partial charge in [-0.25, -0.2) is 0 Å². The Bertz CT molecular complexity index is 483. The molecule has 0 aromatic carbocycles. The summed E-state index contributed by atoms with van der Waals surface area (Å²) in [5, 5.41) is 5.25. The maximum absolute atomic E-state index is 6.65. The molecule has 19 heavy (non-hydrogen) atoms. The van der Waals surface area contributed by atoms with E-state index >= 15 is 0 Å². The second-order valence-corrected chi connectivity index (χ2v) is 6.33. The van der Waals surface area contributed by atoms with E-state index in [9.17, 15) is 0 Å². The fourth-order valence-electron chi connectivity index (χ4n) is 3.23. The molecule has 2 aliphatic rings. The Hall–Kier alpha value is -0.580. The number of hydrogen-bond acceptors (Lipinski definition) is 3. The summed E-state index contributed by atoms with van der Waals surface area (Å²) < 4.78 is 7.87. The lowest BCUT2D eigenvalue weighted by molar-refractivity contribution is 0.0621. The normalized spacial score (nSPS) is 31.1. The van der Waals surface area contributed by atoms with Crippen molar-refractivity contribution in [2.24, 2.45) is 11.7 Å². The number of halogens is 1. The van der Waals surface area contributed by atoms with Gasteiger partial charge in [0.25, 0.3) is 0 Å². The molecule has 1 saturated carbocycles. The van der Waals surface area contributed by atoms with E-state index in [1.54, 1.807) is 0 Å². The average Bonchev–Trinajstić information content (AvgIpc) is 3.10. The molecule has 1 aliphatic heterocycles. The summed E-state index contributed by atoms with van der Waals surface area (Å²) in [4.78, 5) is 0. The summed E-state index contributed by atoms with van der Waals surface area (Å²) >= 11 is 6.40. The number of aryl methyl sites for hydroxylation is 2. The molecule has 2 unspecified atom stereocenters. The molecule has 0 bridgehead atoms. The number of rotatable bonds is 4. The molecule has 106 valence electrons. The fourth-order valence-corrected chi connectivity index (χ4v) is 3.43. The van der Waals surface area contributed by atoms with Crippen LogP contribution in [-0.4, -0.2) is 28.0 Å². The van der Waals surface area contributed by atoms with E-state index in [1.165, 1.54) is 12.8 Å². The SMILES string of the molecule is CCn1nc(C)c(Cl)c1CC1(N)CCOC1C1CC1. The van der Waals surface area contributed by atoms with Crippen LogP contribution in [0.25, 0.3) is 0 Å². The molecule has 4 nitrogen and oxygen atoms in total. The van der Waals surface area contributed by atoms with E-state index in [0.29, 0.717) is 5.92 Å². The highest BCUT2D eigenvalue weighted by Crippen LogP contribution is 2.44. The van der Waals surface area contributed by atoms with E-state index in [0.717, 1.165) is 42.4 Å². The molecule has 1 saturated heterocycles. The van der Waals surface area contributed by atoms with Gasteiger partial charge in [0.1, 0.15) is 0 Å². The predicted molar refractivity (Wildman–Crippen MR) is 75.4 cm³/mol. The average molecular weight is 284 g/mol. The Labute approximate surface area is 119 Å². The van der Waals surface area contributed by atoms with Crippen LogP contribution in [0.4, 0.5) is 0 Å². The number of nitrogens with two attached hydrogens (primary N) is 1. The number of aromatic nitrogens is 2. The van der Waals surface area contributed by atoms with Crippen LogP contribution >= 0.6 is 11.6 Å². The van der Waals surface area contributed by atoms with Gasteiger partial charge in [-0.2, -0.15) is 5.10 Å². The van der Waals surface area contributed by atoms with Crippen LogP contribution in [0.15, 0.2) is 0 Å². The van der Waals surface area contributed by atoms with Gasteiger partial charge in [0, 0.05) is 19.6 Å². The van der Waals surface area contributed by atoms with Gasteiger partial charge >= 0.3 is 0 Å². The van der Waals surface area contributed by atoms with Gasteiger partial charge in [-0.15, -0.1) is 0 Å². The molecule has 2 heterocycles. The molecule has 1 aromatic rings. The lowest BCUT2D eigenvalue weighted by Crippen LogP contribution is -2.50. The molecule has 5 heteroatoms. The molecule has 2 N–H and O–H groups in total. The van der Waals surface area contributed by atoms with Crippen LogP contribution in [0.5, 0.6) is 0 Å². The van der Waals surface area contributed by atoms with Crippen LogP contribution in [-0.2, 0) is 17.7 Å². The Balaban J connectivity index is 1.87. The van der Waals surface area contributed by atoms with Crippen molar-refractivity contribution in [3.63, 3.8) is 0 Å². The minimum atomic E-state index is -0.274. The predicted octanol–water partition coefficient (Wildman–Crippen LogP) is 2.30. The van der Waals surface area contributed by atoms with Crippen LogP contribution < -0.4 is 5.73 Å². The number of nitrogens with zero attached hydrogens (tertiary/aromatic N) is 2. The van der Waals surface area contributed by atoms with Gasteiger partial charge in [-0.1, -0.05) is 11.6 Å². The van der Waals surface area contributed by atoms with Gasteiger partial charge in [0.15, 0.2) is 0 Å². The Morgan fingerprint density at radius 1 is 1.53 bits per heavy atom. The first-order valence-corrected chi connectivity index (χ1v) is 7.55. The van der Waals surface area contributed by atoms with Gasteiger partial charge in [-0.3, -0.25) is 4.68 Å². The van der Waals surface area contributed by atoms with Gasteiger partial charge in [0.2, 0.25) is 0 Å². The van der Waals surface area contributed by atoms with Crippen LogP contribution in [0.3, 0.4) is 0 Å². The zero-order chi connectivity index (χ0) is 13.6. The fraction of sp³-hybridized carbons (Fsp3) is 0.786. The second kappa shape index (κ2) is 4.76. The van der Waals surface area contributed by atoms with Gasteiger partial charge < -0.3 is 10.5 Å². The van der Waals surface area contributed by atoms with E-state index in [-0.39, 0.29) is 11.6 Å². The summed E-state index contributed by atoms with van der Waals surface area (Å²) in [6.07, 6.45) is 4.39. The van der Waals surface area contributed by atoms with Gasteiger partial charge in [-0.05, 0) is 39.0 Å². The first kappa shape index (κ1) is 13.4. The van der Waals surface area contributed by atoms with Crippen molar-refractivity contribution >= 4 is 11.6 Å². The summed E-state index contributed by atoms with van der Waals surface area (Å²) in [6, 6.07) is 0. The maximum atomic E-state index is 6.65. The summed E-state index contributed by atoms with van der Waals surface area (Å²) in [7, 11) is 0. The van der Waals surface area contributed by atoms with Crippen molar-refractivity contribution in [3.05, 3.63) is 16.4 Å². The van der Waals surface area contributed by atoms with Crippen LogP contribution in [0.1, 0.15) is 37.6 Å². The molecule has 0 spiro atoms. The highest BCUT2D eigenvalue weighted by molar-refractivity contribution is 6.31. The first-order chi connectivity index (χ1) is 9.05. The van der Waals surface area contributed by atoms with Crippen molar-refractivity contribution in [2.75, 3.05) is 6.61 Å². The largest absolute Gasteiger partial charge is 0.376 e. The quantitative estimate of drug-likeness (QED) is 0.922. The van der Waals surface area contributed by atoms with Crippen LogP contribution in [0.2, 0.25) is 5.02 Å². The molecular formula is C14H22ClN3O. The van der Waals surface area contributed by atoms with Crippen molar-refractivity contribution in [2.45, 2.75) is 57.7 Å². The summed E-state index contributed by atoms with van der Waals surface area (Å²) in [5.74, 6) is 0.658. The number of ether oxygens (including phenoxy) is 1. The Morgan fingerprint density at radius 3 is 2.89 bits per heavy atom. The van der Waals surface area contributed by atoms with Crippen molar-refractivity contribution < 1.29 is 4.74 Å². The lowest BCUT2D eigenvalue weighted by Gasteiger charge is -2.30. The standard InChI is InChI=1S/C14H22ClN3O/c1-3-18-11(12(15)9(2)17-18)8-14(16)6-7-19-13(14)10-4-5-10/h10,13H,3-8,16H2,1-2H3. The monoisotopic (exact) mass is 283 g/mol. The zero-order valence-corrected chi connectivity index (χ0v) is 12.4. The van der Waals surface area contributed by atoms with Crippen molar-refractivity contribution in [1.29, 1.82) is 0 Å². The molecule has 0 radical (unpaired) electrons. The highest BCUT2D eigenvalue weighted by atomic mass is 35.5. The van der Waals surface area contributed by atoms with E-state index in [1.807, 2.05) is 11.6 Å². The Morgan fingerprint density at radius 2 is 2.26 bits per heavy atom. The third-order valence-corrected chi connectivity index (χ3v) is 4.92. The Kier molecular flexibility index (Phi) is 3.36. The number of hydrogen-bond donors (Lipinski definition) is 1. The van der Waals surface area contributed by atoms with E-state index in [4.69, 9.17) is 22.1 Å². The van der Waals surface area contributed by atoms with E-state index < -0.39 is 0 Å². The van der Waals surface area contributed by atoms with Gasteiger partial charge in [0.05, 0.1) is 28.1 Å². The van der Waals surface area contributed by atoms with Crippen LogP contribution in [0, 0.1) is 12.8 Å². The molecule has 3 rings (SSSR count). The van der Waals surface area contributed by atoms with E-state index in [2.05, 4.69) is 12.0 Å². The lowest BCUT2D eigenvalue weighted by atomic mass is 9.85. The minimum Gasteiger partial charge on any atom is -0.376 e. The molecular weight excluding hydrogens is 262 g/mol. The smallest absolute Gasteiger partial charge is 0.0847 e. The summed E-state index contributed by atoms with van der Waals surface area (Å²) in [6.45, 7) is 5.63. The molecule has 2 fully saturated rings. The topological polar surface area (TPSA) is 53.1 Å². The van der Waals surface area contributed by atoms with Crippen molar-refractivity contribution in [3.8, 4) is 0 Å². The third-order valence-electron chi connectivity index (χ3n) is 4.43. The van der Waals surface area contributed by atoms with Crippen molar-refractivity contribution in [1.82, 2.24) is 9.78 Å². The third kappa shape index (κ3) is 2.30. The second-order valence-electron chi connectivity index (χ2n) is 5.95. The zero-order valence-electron chi connectivity index (χ0n) is 11.7. The minimum absolute atomic E-state index is 0.198. The highest BCUT2D eigenvalue weighted by Gasteiger charge is 2.49. The molecule has 0 amide bonds. The summed E-state index contributed by atoms with van der Waals surface area (Å²) in [5.41, 5.74) is 8.34. The molecule has 2 atom stereocenters. The molecule has 1 aromatic heterocycles. The molecule has 1 aliphatic carbocycles.